The van der Waals surface area contributed by atoms with E-state index in [9.17, 15) is 30.7 Å². The highest BCUT2D eigenvalue weighted by Crippen LogP contribution is 2.31. The summed E-state index contributed by atoms with van der Waals surface area (Å²) in [7, 11) is 0. The van der Waals surface area contributed by atoms with Crippen molar-refractivity contribution in [3.8, 4) is 11.1 Å². The minimum atomic E-state index is -4.74. The number of hydrogen-bond donors (Lipinski definition) is 0. The summed E-state index contributed by atoms with van der Waals surface area (Å²) >= 11 is 0. The predicted octanol–water partition coefficient (Wildman–Crippen LogP) is 5.79. The van der Waals surface area contributed by atoms with Gasteiger partial charge in [0, 0.05) is 11.6 Å². The van der Waals surface area contributed by atoms with Crippen LogP contribution in [-0.2, 0) is 0 Å². The van der Waals surface area contributed by atoms with Gasteiger partial charge in [-0.25, -0.2) is 17.6 Å². The van der Waals surface area contributed by atoms with Crippen molar-refractivity contribution in [3.63, 3.8) is 0 Å². The molecule has 0 saturated carbocycles. The second kappa shape index (κ2) is 6.06. The molecule has 0 bridgehead atoms. The lowest BCUT2D eigenvalue weighted by Crippen LogP contribution is -2.01. The van der Waals surface area contributed by atoms with Gasteiger partial charge in [0.25, 0.3) is 0 Å². The molecule has 0 aromatic heterocycles. The number of aryl methyl sites for hydroxylation is 1. The van der Waals surface area contributed by atoms with E-state index in [0.29, 0.717) is 12.1 Å². The Hall–Kier alpha value is -2.31. The van der Waals surface area contributed by atoms with Gasteiger partial charge in [0.15, 0.2) is 0 Å². The van der Waals surface area contributed by atoms with E-state index in [-0.39, 0.29) is 17.7 Å². The topological polar surface area (TPSA) is 0 Å². The fourth-order valence-corrected chi connectivity index (χ4v) is 2.04. The molecule has 122 valence electrons. The lowest BCUT2D eigenvalue weighted by Gasteiger charge is -2.09. The zero-order chi connectivity index (χ0) is 17.4. The van der Waals surface area contributed by atoms with Crippen LogP contribution >= 0.6 is 0 Å². The van der Waals surface area contributed by atoms with E-state index in [1.165, 1.54) is 6.92 Å². The van der Waals surface area contributed by atoms with Crippen molar-refractivity contribution in [2.45, 2.75) is 13.1 Å². The van der Waals surface area contributed by atoms with Crippen LogP contribution < -0.4 is 0 Å². The molecule has 0 radical (unpaired) electrons. The van der Waals surface area contributed by atoms with Crippen molar-refractivity contribution in [2.75, 3.05) is 0 Å². The SMILES string of the molecule is Cc1cc(F)c(-c2cc(F)c(/C=C/C(F)(F)F)c(F)c2)c(F)c1. The number of allylic oxidation sites excluding steroid dienone is 1. The van der Waals surface area contributed by atoms with Gasteiger partial charge in [-0.1, -0.05) is 0 Å². The Balaban J connectivity index is 2.55. The summed E-state index contributed by atoms with van der Waals surface area (Å²) in [4.78, 5) is 0. The summed E-state index contributed by atoms with van der Waals surface area (Å²) in [5.74, 6) is -4.78. The second-order valence-electron chi connectivity index (χ2n) is 4.83. The monoisotopic (exact) mass is 334 g/mol. The van der Waals surface area contributed by atoms with E-state index < -0.39 is 46.1 Å². The van der Waals surface area contributed by atoms with Gasteiger partial charge >= 0.3 is 6.18 Å². The average Bonchev–Trinajstić information content (AvgIpc) is 2.34. The smallest absolute Gasteiger partial charge is 0.206 e. The number of benzene rings is 2. The van der Waals surface area contributed by atoms with E-state index in [4.69, 9.17) is 0 Å². The molecule has 0 aliphatic carbocycles. The van der Waals surface area contributed by atoms with Gasteiger partial charge < -0.3 is 0 Å². The van der Waals surface area contributed by atoms with Crippen molar-refractivity contribution >= 4 is 6.08 Å². The Morgan fingerprint density at radius 3 is 1.70 bits per heavy atom. The van der Waals surface area contributed by atoms with Crippen LogP contribution in [0.15, 0.2) is 30.3 Å². The maximum absolute atomic E-state index is 13.8. The van der Waals surface area contributed by atoms with Crippen LogP contribution in [0.2, 0.25) is 0 Å². The molecule has 0 amide bonds. The van der Waals surface area contributed by atoms with Crippen molar-refractivity contribution in [2.24, 2.45) is 0 Å². The molecule has 0 fully saturated rings. The first-order chi connectivity index (χ1) is 10.6. The van der Waals surface area contributed by atoms with Crippen LogP contribution in [0, 0.1) is 30.2 Å². The first-order valence-corrected chi connectivity index (χ1v) is 6.29. The van der Waals surface area contributed by atoms with Crippen LogP contribution in [0.5, 0.6) is 0 Å². The van der Waals surface area contributed by atoms with E-state index in [1.54, 1.807) is 0 Å². The molecular formula is C16H9F7. The fourth-order valence-electron chi connectivity index (χ4n) is 2.04. The van der Waals surface area contributed by atoms with Gasteiger partial charge in [-0.3, -0.25) is 0 Å². The Kier molecular flexibility index (Phi) is 4.49. The number of halogens is 7. The van der Waals surface area contributed by atoms with Crippen LogP contribution in [0.3, 0.4) is 0 Å². The highest BCUT2D eigenvalue weighted by atomic mass is 19.4. The first kappa shape index (κ1) is 17.1. The van der Waals surface area contributed by atoms with E-state index in [0.717, 1.165) is 12.1 Å². The Morgan fingerprint density at radius 2 is 1.26 bits per heavy atom. The number of rotatable bonds is 2. The summed E-state index contributed by atoms with van der Waals surface area (Å²) in [5.41, 5.74) is -1.77. The van der Waals surface area contributed by atoms with Crippen molar-refractivity contribution < 1.29 is 30.7 Å². The standard InChI is InChI=1S/C16H9F7/c1-8-4-13(19)15(14(20)5-8)9-6-11(17)10(12(18)7-9)2-3-16(21,22)23/h2-7H,1H3/b3-2+. The Morgan fingerprint density at radius 1 is 0.783 bits per heavy atom. The first-order valence-electron chi connectivity index (χ1n) is 6.29. The molecule has 0 unspecified atom stereocenters. The quantitative estimate of drug-likeness (QED) is 0.610. The molecule has 23 heavy (non-hydrogen) atoms. The molecule has 0 saturated heterocycles. The minimum Gasteiger partial charge on any atom is -0.206 e. The largest absolute Gasteiger partial charge is 0.409 e. The van der Waals surface area contributed by atoms with Gasteiger partial charge in [-0.2, -0.15) is 13.2 Å². The maximum Gasteiger partial charge on any atom is 0.409 e. The van der Waals surface area contributed by atoms with Gasteiger partial charge in [0.1, 0.15) is 23.3 Å². The number of hydrogen-bond acceptors (Lipinski definition) is 0. The Labute approximate surface area is 126 Å². The van der Waals surface area contributed by atoms with E-state index in [1.807, 2.05) is 0 Å². The van der Waals surface area contributed by atoms with Crippen LogP contribution in [0.1, 0.15) is 11.1 Å². The molecule has 0 N–H and O–H groups in total. The molecule has 2 aromatic rings. The van der Waals surface area contributed by atoms with Crippen molar-refractivity contribution in [1.82, 2.24) is 0 Å². The summed E-state index contributed by atoms with van der Waals surface area (Å²) in [5, 5.41) is 0. The maximum atomic E-state index is 13.8. The third-order valence-electron chi connectivity index (χ3n) is 2.99. The molecule has 0 atom stereocenters. The third-order valence-corrected chi connectivity index (χ3v) is 2.99. The third kappa shape index (κ3) is 3.91. The lowest BCUT2D eigenvalue weighted by molar-refractivity contribution is -0.0790. The summed E-state index contributed by atoms with van der Waals surface area (Å²) in [6, 6.07) is 3.11. The summed E-state index contributed by atoms with van der Waals surface area (Å²) in [6.07, 6.45) is -4.86. The second-order valence-corrected chi connectivity index (χ2v) is 4.83. The van der Waals surface area contributed by atoms with Crippen LogP contribution in [-0.4, -0.2) is 6.18 Å². The molecule has 2 rings (SSSR count). The predicted molar refractivity (Wildman–Crippen MR) is 71.5 cm³/mol. The zero-order valence-corrected chi connectivity index (χ0v) is 11.6. The van der Waals surface area contributed by atoms with Crippen LogP contribution in [0.25, 0.3) is 17.2 Å². The minimum absolute atomic E-state index is 0.219. The van der Waals surface area contributed by atoms with E-state index in [2.05, 4.69) is 0 Å². The molecule has 7 heteroatoms. The normalized spacial score (nSPS) is 12.2. The van der Waals surface area contributed by atoms with Gasteiger partial charge in [0.05, 0.1) is 5.56 Å². The van der Waals surface area contributed by atoms with Crippen LogP contribution in [0.4, 0.5) is 30.7 Å². The highest BCUT2D eigenvalue weighted by molar-refractivity contribution is 5.68. The summed E-state index contributed by atoms with van der Waals surface area (Å²) < 4.78 is 91.4. The molecule has 0 heterocycles. The lowest BCUT2D eigenvalue weighted by atomic mass is 10.00. The van der Waals surface area contributed by atoms with Crippen molar-refractivity contribution in [3.05, 3.63) is 64.7 Å². The van der Waals surface area contributed by atoms with Gasteiger partial charge in [0.2, 0.25) is 0 Å². The van der Waals surface area contributed by atoms with E-state index >= 15 is 0 Å². The average molecular weight is 334 g/mol. The van der Waals surface area contributed by atoms with Crippen molar-refractivity contribution in [1.29, 1.82) is 0 Å². The molecule has 2 aromatic carbocycles. The molecular weight excluding hydrogens is 325 g/mol. The Bertz CT molecular complexity index is 726. The van der Waals surface area contributed by atoms with Gasteiger partial charge in [-0.15, -0.1) is 0 Å². The molecule has 0 aliphatic rings. The fraction of sp³-hybridized carbons (Fsp3) is 0.125. The zero-order valence-electron chi connectivity index (χ0n) is 11.6. The molecule has 0 spiro atoms. The molecule has 0 nitrogen and oxygen atoms in total. The highest BCUT2D eigenvalue weighted by Gasteiger charge is 2.23. The number of alkyl halides is 3. The van der Waals surface area contributed by atoms with Gasteiger partial charge in [-0.05, 0) is 48.4 Å². The summed E-state index contributed by atoms with van der Waals surface area (Å²) in [6.45, 7) is 1.43. The molecule has 0 aliphatic heterocycles.